The molecule has 3 rings (SSSR count). The summed E-state index contributed by atoms with van der Waals surface area (Å²) >= 11 is 0. The first-order chi connectivity index (χ1) is 11.6. The highest BCUT2D eigenvalue weighted by Gasteiger charge is 2.37. The Balaban J connectivity index is 1.54. The maximum absolute atomic E-state index is 7.01. The van der Waals surface area contributed by atoms with Gasteiger partial charge in [-0.3, -0.25) is 0 Å². The predicted octanol–water partition coefficient (Wildman–Crippen LogP) is 6.24. The van der Waals surface area contributed by atoms with Gasteiger partial charge in [-0.15, -0.1) is 0 Å². The van der Waals surface area contributed by atoms with E-state index in [1.807, 2.05) is 0 Å². The summed E-state index contributed by atoms with van der Waals surface area (Å²) < 4.78 is 7.01. The maximum Gasteiger partial charge on any atom is 0.204 e. The molecule has 0 spiro atoms. The van der Waals surface area contributed by atoms with E-state index in [1.54, 1.807) is 0 Å². The summed E-state index contributed by atoms with van der Waals surface area (Å²) in [6.07, 6.45) is 17.8. The van der Waals surface area contributed by atoms with Crippen LogP contribution in [0.1, 0.15) is 97.8 Å². The van der Waals surface area contributed by atoms with E-state index in [-0.39, 0.29) is 9.76 Å². The van der Waals surface area contributed by atoms with Gasteiger partial charge >= 0.3 is 0 Å². The van der Waals surface area contributed by atoms with Gasteiger partial charge in [-0.05, 0) is 34.4 Å². The summed E-state index contributed by atoms with van der Waals surface area (Å²) in [4.78, 5) is 0. The Morgan fingerprint density at radius 3 is 1.38 bits per heavy atom. The Morgan fingerprint density at radius 1 is 0.583 bits per heavy atom. The fraction of sp³-hybridized carbons (Fsp3) is 1.00. The van der Waals surface area contributed by atoms with Gasteiger partial charge in [0.1, 0.15) is 9.76 Å². The molecular formula is C21H41OSi2. The second-order valence-electron chi connectivity index (χ2n) is 9.75. The lowest BCUT2D eigenvalue weighted by Gasteiger charge is -2.39. The predicted molar refractivity (Wildman–Crippen MR) is 110 cm³/mol. The van der Waals surface area contributed by atoms with Gasteiger partial charge in [-0.2, -0.15) is 0 Å². The van der Waals surface area contributed by atoms with Crippen molar-refractivity contribution in [2.75, 3.05) is 0 Å². The Hall–Kier alpha value is 0.394. The lowest BCUT2D eigenvalue weighted by atomic mass is 9.90. The Morgan fingerprint density at radius 2 is 0.958 bits per heavy atom. The fourth-order valence-electron chi connectivity index (χ4n) is 5.37. The molecule has 0 heterocycles. The van der Waals surface area contributed by atoms with Gasteiger partial charge < -0.3 is 4.12 Å². The average molecular weight is 366 g/mol. The van der Waals surface area contributed by atoms with E-state index in [0.717, 1.165) is 34.4 Å². The summed E-state index contributed by atoms with van der Waals surface area (Å²) in [5.74, 6) is 2.95. The van der Waals surface area contributed by atoms with Crippen molar-refractivity contribution >= 4 is 18.8 Å². The van der Waals surface area contributed by atoms with E-state index in [1.165, 1.54) is 77.0 Å². The van der Waals surface area contributed by atoms with Crippen LogP contribution in [0, 0.1) is 17.8 Å². The topological polar surface area (TPSA) is 9.23 Å². The van der Waals surface area contributed by atoms with E-state index >= 15 is 0 Å². The first-order valence-electron chi connectivity index (χ1n) is 11.1. The highest BCUT2D eigenvalue weighted by atomic mass is 28.3. The van der Waals surface area contributed by atoms with Crippen molar-refractivity contribution in [2.45, 2.75) is 114 Å². The Bertz CT molecular complexity index is 329. The van der Waals surface area contributed by atoms with E-state index < -0.39 is 9.04 Å². The van der Waals surface area contributed by atoms with Crippen LogP contribution in [-0.4, -0.2) is 18.8 Å². The molecule has 0 bridgehead atoms. The van der Waals surface area contributed by atoms with E-state index in [0.29, 0.717) is 0 Å². The van der Waals surface area contributed by atoms with Crippen LogP contribution >= 0.6 is 0 Å². The zero-order valence-electron chi connectivity index (χ0n) is 16.6. The molecule has 0 aromatic heterocycles. The zero-order valence-corrected chi connectivity index (χ0v) is 19.0. The van der Waals surface area contributed by atoms with Crippen molar-refractivity contribution in [3.63, 3.8) is 0 Å². The zero-order chi connectivity index (χ0) is 16.9. The van der Waals surface area contributed by atoms with Crippen LogP contribution in [0.4, 0.5) is 0 Å². The van der Waals surface area contributed by atoms with Crippen LogP contribution in [-0.2, 0) is 4.12 Å². The molecule has 0 saturated heterocycles. The van der Waals surface area contributed by atoms with Gasteiger partial charge in [0.15, 0.2) is 0 Å². The monoisotopic (exact) mass is 365 g/mol. The molecule has 0 aliphatic heterocycles. The van der Waals surface area contributed by atoms with E-state index in [2.05, 4.69) is 20.8 Å². The molecule has 0 unspecified atom stereocenters. The van der Waals surface area contributed by atoms with Crippen molar-refractivity contribution in [2.24, 2.45) is 17.8 Å². The SMILES string of the molecule is CC1CCC([SiH2]O[Si](C2CCC(C)CC2)C2CCC(C)CC2)CC1. The minimum atomic E-state index is -0.543. The molecule has 1 radical (unpaired) electrons. The molecule has 24 heavy (non-hydrogen) atoms. The molecule has 3 aliphatic rings. The first-order valence-corrected chi connectivity index (χ1v) is 14.1. The third-order valence-electron chi connectivity index (χ3n) is 7.46. The normalized spacial score (nSPS) is 42.0. The van der Waals surface area contributed by atoms with Crippen LogP contribution in [0.25, 0.3) is 0 Å². The number of rotatable bonds is 5. The van der Waals surface area contributed by atoms with Crippen molar-refractivity contribution < 1.29 is 4.12 Å². The van der Waals surface area contributed by atoms with Gasteiger partial charge in [0, 0.05) is 0 Å². The lowest BCUT2D eigenvalue weighted by Crippen LogP contribution is -2.37. The molecule has 3 saturated carbocycles. The molecule has 0 aromatic rings. The van der Waals surface area contributed by atoms with Crippen molar-refractivity contribution in [1.29, 1.82) is 0 Å². The summed E-state index contributed by atoms with van der Waals surface area (Å²) in [6.45, 7) is 7.37. The molecule has 139 valence electrons. The van der Waals surface area contributed by atoms with Gasteiger partial charge in [0.2, 0.25) is 9.04 Å². The fourth-order valence-corrected chi connectivity index (χ4v) is 12.2. The van der Waals surface area contributed by atoms with Crippen LogP contribution < -0.4 is 0 Å². The molecule has 3 aliphatic carbocycles. The molecule has 0 amide bonds. The van der Waals surface area contributed by atoms with E-state index in [4.69, 9.17) is 4.12 Å². The van der Waals surface area contributed by atoms with Crippen molar-refractivity contribution in [3.05, 3.63) is 0 Å². The van der Waals surface area contributed by atoms with Crippen molar-refractivity contribution in [1.82, 2.24) is 0 Å². The maximum atomic E-state index is 7.01. The largest absolute Gasteiger partial charge is 0.460 e. The van der Waals surface area contributed by atoms with Gasteiger partial charge in [0.25, 0.3) is 0 Å². The molecule has 0 aromatic carbocycles. The quantitative estimate of drug-likeness (QED) is 0.524. The summed E-state index contributed by atoms with van der Waals surface area (Å²) in [5, 5.41) is 0. The smallest absolute Gasteiger partial charge is 0.204 e. The van der Waals surface area contributed by atoms with Crippen LogP contribution in [0.15, 0.2) is 0 Å². The first kappa shape index (κ1) is 19.2. The summed E-state index contributed by atoms with van der Waals surface area (Å²) in [7, 11) is -0.818. The lowest BCUT2D eigenvalue weighted by molar-refractivity contribution is 0.330. The van der Waals surface area contributed by atoms with E-state index in [9.17, 15) is 0 Å². The second-order valence-corrected chi connectivity index (χ2v) is 14.8. The highest BCUT2D eigenvalue weighted by Crippen LogP contribution is 2.44. The molecule has 3 heteroatoms. The third kappa shape index (κ3) is 5.44. The van der Waals surface area contributed by atoms with Gasteiger partial charge in [-0.1, -0.05) is 97.8 Å². The van der Waals surface area contributed by atoms with Crippen LogP contribution in [0.2, 0.25) is 16.6 Å². The van der Waals surface area contributed by atoms with Gasteiger partial charge in [-0.25, -0.2) is 0 Å². The molecule has 0 atom stereocenters. The molecule has 0 N–H and O–H groups in total. The minimum Gasteiger partial charge on any atom is -0.460 e. The Kier molecular flexibility index (Phi) is 7.48. The standard InChI is InChI=1S/C21H41OSi2/c1-16-4-10-19(11-5-16)23-22-24(20-12-6-17(2)7-13-20)21-14-8-18(3)9-15-21/h16-21H,4-15,23H2,1-3H3. The number of hydrogen-bond donors (Lipinski definition) is 0. The Labute approximate surface area is 155 Å². The van der Waals surface area contributed by atoms with Crippen molar-refractivity contribution in [3.8, 4) is 0 Å². The minimum absolute atomic E-state index is 0.275. The average Bonchev–Trinajstić information content (AvgIpc) is 2.59. The third-order valence-corrected chi connectivity index (χ3v) is 13.5. The molecule has 1 nitrogen and oxygen atoms in total. The summed E-state index contributed by atoms with van der Waals surface area (Å²) in [5.41, 5.74) is 3.02. The second kappa shape index (κ2) is 9.36. The van der Waals surface area contributed by atoms with Gasteiger partial charge in [0.05, 0.1) is 0 Å². The van der Waals surface area contributed by atoms with Crippen LogP contribution in [0.5, 0.6) is 0 Å². The molecular weight excluding hydrogens is 324 g/mol. The van der Waals surface area contributed by atoms with Crippen LogP contribution in [0.3, 0.4) is 0 Å². The number of hydrogen-bond acceptors (Lipinski definition) is 1. The summed E-state index contributed by atoms with van der Waals surface area (Å²) in [6, 6.07) is 0. The highest BCUT2D eigenvalue weighted by molar-refractivity contribution is 6.61. The molecule has 3 fully saturated rings.